The number of nitrogens with two attached hydrogens (primary N) is 1. The number of aryl methyl sites for hydroxylation is 5. The molecule has 30 heteroatoms. The van der Waals surface area contributed by atoms with Crippen LogP contribution in [0.2, 0.25) is 0 Å². The van der Waals surface area contributed by atoms with Gasteiger partial charge >= 0.3 is 0 Å². The summed E-state index contributed by atoms with van der Waals surface area (Å²) in [6.45, 7) is 34.9. The van der Waals surface area contributed by atoms with Crippen LogP contribution in [-0.2, 0) is 73.1 Å². The van der Waals surface area contributed by atoms with Crippen LogP contribution in [-0.4, -0.2) is 54.5 Å². The highest BCUT2D eigenvalue weighted by molar-refractivity contribution is 9.11. The number of halogens is 8. The number of aromatic hydroxyl groups is 2. The Morgan fingerprint density at radius 2 is 0.643 bits per heavy atom. The summed E-state index contributed by atoms with van der Waals surface area (Å²) < 4.78 is 21.3. The molecule has 11 aromatic carbocycles. The van der Waals surface area contributed by atoms with Gasteiger partial charge < -0.3 is 14.4 Å². The van der Waals surface area contributed by atoms with Crippen LogP contribution in [0.1, 0.15) is 186 Å². The van der Waals surface area contributed by atoms with Crippen molar-refractivity contribution in [3.8, 4) is 53.7 Å². The predicted molar refractivity (Wildman–Crippen MR) is 592 cm³/mol. The number of hydrogen-bond donors (Lipinski definition) is 3. The Bertz CT molecular complexity index is 6560. The van der Waals surface area contributed by atoms with Gasteiger partial charge in [-0.2, -0.15) is 52.8 Å². The first-order valence-electron chi connectivity index (χ1n) is 43.4. The van der Waals surface area contributed by atoms with E-state index in [1.54, 1.807) is 75.5 Å². The van der Waals surface area contributed by atoms with Crippen LogP contribution in [0.3, 0.4) is 0 Å². The molecule has 0 bridgehead atoms. The first-order chi connectivity index (χ1) is 66.4. The van der Waals surface area contributed by atoms with Gasteiger partial charge in [-0.3, -0.25) is 0 Å². The molecule has 0 aliphatic rings. The Labute approximate surface area is 894 Å². The lowest BCUT2D eigenvalue weighted by Crippen LogP contribution is -2.15. The summed E-state index contributed by atoms with van der Waals surface area (Å²) in [6, 6.07) is 84.4. The van der Waals surface area contributed by atoms with Gasteiger partial charge in [0.2, 0.25) is 0 Å². The summed E-state index contributed by atoms with van der Waals surface area (Å²) in [6.07, 6.45) is 19.8. The first kappa shape index (κ1) is 117. The molecule has 3 aromatic heterocycles. The van der Waals surface area contributed by atoms with Gasteiger partial charge in [-0.25, -0.2) is 29.0 Å². The van der Waals surface area contributed by atoms with Crippen LogP contribution in [0.15, 0.2) is 290 Å². The Hall–Kier alpha value is -11.5. The van der Waals surface area contributed by atoms with Gasteiger partial charge in [0.1, 0.15) is 55.2 Å². The van der Waals surface area contributed by atoms with Gasteiger partial charge in [-0.1, -0.05) is 261 Å². The maximum absolute atomic E-state index is 9.56. The van der Waals surface area contributed by atoms with Gasteiger partial charge in [0.05, 0.1) is 89.5 Å². The molecule has 4 N–H and O–H groups in total. The van der Waals surface area contributed by atoms with Crippen molar-refractivity contribution >= 4 is 170 Å². The molecule has 0 fully saturated rings. The molecular weight excluding hydrogens is 2300 g/mol. The molecule has 0 aliphatic heterocycles. The van der Waals surface area contributed by atoms with Crippen molar-refractivity contribution in [1.29, 1.82) is 31.6 Å². The minimum Gasteiger partial charge on any atom is -0.508 e. The summed E-state index contributed by atoms with van der Waals surface area (Å²) >= 11 is 28.0. The van der Waals surface area contributed by atoms with Gasteiger partial charge in [0.15, 0.2) is 0 Å². The van der Waals surface area contributed by atoms with E-state index in [1.165, 1.54) is 62.4 Å². The zero-order chi connectivity index (χ0) is 103. The van der Waals surface area contributed by atoms with Crippen LogP contribution < -0.4 is 10.1 Å². The monoisotopic (exact) mass is 2400 g/mol. The van der Waals surface area contributed by atoms with E-state index in [2.05, 4.69) is 285 Å². The summed E-state index contributed by atoms with van der Waals surface area (Å²) in [5.41, 5.74) is 20.5. The molecule has 0 amide bonds. The molecule has 0 spiro atoms. The fourth-order valence-electron chi connectivity index (χ4n) is 12.7. The van der Waals surface area contributed by atoms with Crippen molar-refractivity contribution < 1.29 is 23.7 Å². The molecule has 0 saturated carbocycles. The van der Waals surface area contributed by atoms with Crippen LogP contribution in [0.25, 0.3) is 30.4 Å². The van der Waals surface area contributed by atoms with E-state index in [-0.39, 0.29) is 5.75 Å². The van der Waals surface area contributed by atoms with Gasteiger partial charge in [0.25, 0.3) is 12.3 Å². The molecule has 140 heavy (non-hydrogen) atoms. The lowest BCUT2D eigenvalue weighted by molar-refractivity contribution is -0.199. The normalized spacial score (nSPS) is 10.8. The number of nitriles is 6. The van der Waals surface area contributed by atoms with E-state index >= 15 is 0 Å². The number of hydrogen-bond acceptors (Lipinski definition) is 19. The maximum Gasteiger partial charge on any atom is 0.260 e. The number of benzene rings is 11. The van der Waals surface area contributed by atoms with Gasteiger partial charge in [-0.15, -0.1) is 9.32 Å². The van der Waals surface area contributed by atoms with Crippen molar-refractivity contribution in [3.05, 3.63) is 407 Å². The minimum atomic E-state index is -0.604. The largest absolute Gasteiger partial charge is 0.508 e. The van der Waals surface area contributed by atoms with Crippen LogP contribution >= 0.6 is 140 Å². The zero-order valence-corrected chi connectivity index (χ0v) is 93.9. The van der Waals surface area contributed by atoms with Gasteiger partial charge in [0, 0.05) is 37.5 Å². The number of aromatic nitrogens is 9. The third-order valence-corrected chi connectivity index (χ3v) is 24.9. The predicted octanol–water partition coefficient (Wildman–Crippen LogP) is 30.2. The Kier molecular flexibility index (Phi) is 49.1. The molecule has 14 rings (SSSR count). The van der Waals surface area contributed by atoms with Gasteiger partial charge in [-0.05, 0) is 342 Å². The van der Waals surface area contributed by atoms with Crippen molar-refractivity contribution in [2.24, 2.45) is 5.90 Å². The molecule has 0 saturated heterocycles. The Balaban J connectivity index is 0.000000250. The third kappa shape index (κ3) is 42.5. The second-order valence-electron chi connectivity index (χ2n) is 34.7. The fourth-order valence-corrected chi connectivity index (χ4v) is 17.4. The molecular formula is C110H110Br8N16O5S. The van der Waals surface area contributed by atoms with Crippen LogP contribution in [0.5, 0.6) is 17.2 Å². The highest BCUT2D eigenvalue weighted by Crippen LogP contribution is 2.34. The van der Waals surface area contributed by atoms with Crippen molar-refractivity contribution in [2.45, 2.75) is 168 Å². The Morgan fingerprint density at radius 1 is 0.357 bits per heavy atom. The van der Waals surface area contributed by atoms with E-state index < -0.39 is 27.1 Å². The van der Waals surface area contributed by atoms with Crippen LogP contribution in [0, 0.1) is 103 Å². The molecule has 0 radical (unpaired) electrons. The second kappa shape index (κ2) is 58.6. The highest BCUT2D eigenvalue weighted by atomic mass is 79.9. The van der Waals surface area contributed by atoms with E-state index in [0.29, 0.717) is 49.9 Å². The topological polar surface area (TPSA) is 329 Å². The molecule has 722 valence electrons. The summed E-state index contributed by atoms with van der Waals surface area (Å²) in [4.78, 5) is 15.8. The zero-order valence-electron chi connectivity index (χ0n) is 80.4. The van der Waals surface area contributed by atoms with E-state index in [4.69, 9.17) is 31.0 Å². The Morgan fingerprint density at radius 3 is 0.971 bits per heavy atom. The quantitative estimate of drug-likeness (QED) is 0.0134. The summed E-state index contributed by atoms with van der Waals surface area (Å²) in [7, 11) is 0. The SMILES string of the molecule is C=Cc1ccc(O)cc1.CC(C)(C#N)c1cc(/C=C/c2ccc(O)cc2)cc(Cn2cncn2)c1.CC(C)(C#N)c1cc(/C=C/c2ccc(OSOON)cc2)cc(Cn2cncn2)c1.CC(C)(C#N)c1cc(Br)cc(CBr)c1.CC(C)(C#N)c1cc(Br)cc(Cn2cncn2)c1.Cc1cc(Br)cc(C(C)(C)C#N)c1.Cc1cc(Br)cc(CBr)c1.Cc1cc(Br)cc(CC#N)c1.Cc1cc(C)cc(Br)c1. The number of nitrogens with zero attached hydrogens (tertiary/aromatic N) is 15. The molecule has 14 aromatic rings. The lowest BCUT2D eigenvalue weighted by atomic mass is 9.84. The molecule has 0 aliphatic carbocycles. The van der Waals surface area contributed by atoms with Crippen molar-refractivity contribution in [3.63, 3.8) is 0 Å². The second-order valence-corrected chi connectivity index (χ2v) is 41.8. The standard InChI is InChI=1S/C21H21N5O3S.C21H20N4O.C13H13BrN4.C11H11Br2N.C11H12BrN.C9H8BrN.C8H8Br2.C8H9Br.C8H8O/c1-21(2,13-22)19-10-17(9-18(11-19)12-26-15-24-14-25-26)4-3-16-5-7-20(8-6-16)27-30-29-28-23;1-21(2,13-22)19-10-17(4-3-16-5-7-20(26)8-6-16)9-18(11-19)12-25-15-23-14-24-25;1-13(2,7-15)11-3-10(4-12(14)5-11)6-18-9-16-8-17-18;1-11(2,7-14)9-3-8(6-12)4-10(13)5-9;1-8-4-9(6-10(12)5-8)11(2,3)7-13;1-7-4-8(2-3-11)6-9(10)5-7;1-6-2-7(5-9)4-8(10)3-6;1-6-3-7(2)5-8(9)4-6;1-2-7-3-5-8(9)6-4-7/h3-11,14-15H,12,23H2,1-2H3;3-11,14-15,26H,12H2,1-2H3;3-5,8-9H,6H2,1-2H3;3-5H,6H2,1-2H3;4-6H,1-3H3;4-6H,2H2,1H3;2-4H,5H2,1H3;3-5H,1-2H3;2-6,9H,1H2/b2*4-3+;;;;;;;. The summed E-state index contributed by atoms with van der Waals surface area (Å²) in [5.74, 6) is 5.88. The lowest BCUT2D eigenvalue weighted by Gasteiger charge is -2.18. The summed E-state index contributed by atoms with van der Waals surface area (Å²) in [5, 5.41) is 87.0. The molecule has 3 heterocycles. The molecule has 0 unspecified atom stereocenters. The fraction of sp³-hybridized carbons (Fsp3) is 0.236. The third-order valence-electron chi connectivity index (χ3n) is 20.4. The highest BCUT2D eigenvalue weighted by Gasteiger charge is 2.25. The smallest absolute Gasteiger partial charge is 0.260 e. The van der Waals surface area contributed by atoms with Crippen molar-refractivity contribution in [2.75, 3.05) is 0 Å². The molecule has 21 nitrogen and oxygen atoms in total. The minimum absolute atomic E-state index is 0.245. The number of phenolic OH excluding ortho intramolecular Hbond substituents is 2. The average Bonchev–Trinajstić information content (AvgIpc) is 1.33. The number of alkyl halides is 2. The van der Waals surface area contributed by atoms with Crippen molar-refractivity contribution in [1.82, 2.24) is 44.3 Å². The number of rotatable bonds is 23. The van der Waals surface area contributed by atoms with Crippen LogP contribution in [0.4, 0.5) is 0 Å². The first-order valence-corrected chi connectivity index (χ1v) is 51.0. The number of phenols is 2. The van der Waals surface area contributed by atoms with E-state index in [1.807, 2.05) is 235 Å². The van der Waals surface area contributed by atoms with E-state index in [0.717, 1.165) is 111 Å². The molecule has 0 atom stereocenters. The maximum atomic E-state index is 9.56. The average molecular weight is 2410 g/mol. The van der Waals surface area contributed by atoms with E-state index in [9.17, 15) is 20.9 Å².